The van der Waals surface area contributed by atoms with Crippen molar-refractivity contribution < 1.29 is 4.79 Å². The fourth-order valence-corrected chi connectivity index (χ4v) is 2.85. The molecule has 1 fully saturated rings. The molecule has 1 aliphatic rings. The first-order valence-corrected chi connectivity index (χ1v) is 7.30. The molecule has 0 aromatic heterocycles. The largest absolute Gasteiger partial charge is 0.317 e. The van der Waals surface area contributed by atoms with Crippen molar-refractivity contribution in [3.63, 3.8) is 0 Å². The number of benzene rings is 1. The number of piperidine rings is 1. The van der Waals surface area contributed by atoms with Gasteiger partial charge in [-0.2, -0.15) is 0 Å². The summed E-state index contributed by atoms with van der Waals surface area (Å²) in [6, 6.07) is 8.27. The van der Waals surface area contributed by atoms with Gasteiger partial charge >= 0.3 is 0 Å². The molecule has 20 heavy (non-hydrogen) atoms. The van der Waals surface area contributed by atoms with Crippen LogP contribution in [0, 0.1) is 0 Å². The van der Waals surface area contributed by atoms with Gasteiger partial charge in [0.2, 0.25) is 0 Å². The first-order valence-electron chi connectivity index (χ1n) is 7.30. The lowest BCUT2D eigenvalue weighted by molar-refractivity contribution is 0.0949. The van der Waals surface area contributed by atoms with Gasteiger partial charge in [0.25, 0.3) is 5.91 Å². The number of nitrogens with two attached hydrogens (primary N) is 1. The number of hydrogen-bond donors (Lipinski definition) is 3. The van der Waals surface area contributed by atoms with E-state index < -0.39 is 0 Å². The van der Waals surface area contributed by atoms with Crippen LogP contribution in [0.15, 0.2) is 24.3 Å². The second-order valence-corrected chi connectivity index (χ2v) is 5.17. The summed E-state index contributed by atoms with van der Waals surface area (Å²) < 4.78 is 0. The number of rotatable bonds is 5. The molecule has 0 bridgehead atoms. The Morgan fingerprint density at radius 2 is 2.10 bits per heavy atom. The van der Waals surface area contributed by atoms with E-state index in [0.29, 0.717) is 11.6 Å². The highest BCUT2D eigenvalue weighted by molar-refractivity contribution is 5.95. The zero-order valence-electron chi connectivity index (χ0n) is 12.1. The third-order valence-electron chi connectivity index (χ3n) is 4.00. The highest BCUT2D eigenvalue weighted by Gasteiger charge is 2.21. The zero-order valence-corrected chi connectivity index (χ0v) is 12.1. The van der Waals surface area contributed by atoms with Crippen molar-refractivity contribution in [2.45, 2.75) is 32.4 Å². The van der Waals surface area contributed by atoms with Gasteiger partial charge in [0, 0.05) is 18.2 Å². The van der Waals surface area contributed by atoms with Crippen LogP contribution in [-0.2, 0) is 6.54 Å². The van der Waals surface area contributed by atoms with Gasteiger partial charge < -0.3 is 5.32 Å². The molecule has 0 radical (unpaired) electrons. The number of nitrogens with zero attached hydrogens (tertiary/aromatic N) is 1. The number of hydrazine groups is 1. The minimum atomic E-state index is -0.220. The summed E-state index contributed by atoms with van der Waals surface area (Å²) in [5.74, 6) is 5.04. The molecular weight excluding hydrogens is 252 g/mol. The monoisotopic (exact) mass is 276 g/mol. The maximum Gasteiger partial charge on any atom is 0.265 e. The van der Waals surface area contributed by atoms with E-state index in [1.165, 1.54) is 12.8 Å². The first kappa shape index (κ1) is 15.0. The van der Waals surface area contributed by atoms with E-state index >= 15 is 0 Å². The molecule has 1 aliphatic heterocycles. The van der Waals surface area contributed by atoms with Gasteiger partial charge in [-0.3, -0.25) is 15.1 Å². The SMILES string of the molecule is CCN(Cc1ccccc1C(=O)NN)C1CCNCC1. The van der Waals surface area contributed by atoms with Crippen molar-refractivity contribution in [2.75, 3.05) is 19.6 Å². The van der Waals surface area contributed by atoms with Crippen molar-refractivity contribution >= 4 is 5.91 Å². The third kappa shape index (κ3) is 3.56. The van der Waals surface area contributed by atoms with Gasteiger partial charge in [-0.1, -0.05) is 25.1 Å². The lowest BCUT2D eigenvalue weighted by atomic mass is 10.0. The molecule has 0 aliphatic carbocycles. The lowest BCUT2D eigenvalue weighted by Gasteiger charge is -2.34. The minimum absolute atomic E-state index is 0.220. The highest BCUT2D eigenvalue weighted by atomic mass is 16.2. The van der Waals surface area contributed by atoms with E-state index in [9.17, 15) is 4.79 Å². The van der Waals surface area contributed by atoms with Crippen LogP contribution in [0.4, 0.5) is 0 Å². The molecule has 1 saturated heterocycles. The predicted octanol–water partition coefficient (Wildman–Crippen LogP) is 0.864. The molecule has 5 nitrogen and oxygen atoms in total. The van der Waals surface area contributed by atoms with Crippen LogP contribution in [0.5, 0.6) is 0 Å². The Kier molecular flexibility index (Phi) is 5.52. The Labute approximate surface area is 120 Å². The molecule has 0 spiro atoms. The van der Waals surface area contributed by atoms with Crippen LogP contribution >= 0.6 is 0 Å². The van der Waals surface area contributed by atoms with E-state index in [1.54, 1.807) is 0 Å². The Bertz CT molecular complexity index is 443. The van der Waals surface area contributed by atoms with Crippen molar-refractivity contribution in [3.8, 4) is 0 Å². The van der Waals surface area contributed by atoms with E-state index in [-0.39, 0.29) is 5.91 Å². The van der Waals surface area contributed by atoms with Crippen molar-refractivity contribution in [3.05, 3.63) is 35.4 Å². The van der Waals surface area contributed by atoms with Gasteiger partial charge in [-0.25, -0.2) is 5.84 Å². The smallest absolute Gasteiger partial charge is 0.265 e. The predicted molar refractivity (Wildman–Crippen MR) is 80.1 cm³/mol. The molecule has 1 aromatic rings. The lowest BCUT2D eigenvalue weighted by Crippen LogP contribution is -2.43. The number of nitrogen functional groups attached to an aromatic ring is 1. The highest BCUT2D eigenvalue weighted by Crippen LogP contribution is 2.17. The molecule has 4 N–H and O–H groups in total. The van der Waals surface area contributed by atoms with Gasteiger partial charge in [0.15, 0.2) is 0 Å². The molecule has 1 aromatic carbocycles. The molecule has 1 amide bonds. The second kappa shape index (κ2) is 7.38. The molecule has 110 valence electrons. The van der Waals surface area contributed by atoms with Crippen molar-refractivity contribution in [1.29, 1.82) is 0 Å². The Morgan fingerprint density at radius 1 is 1.40 bits per heavy atom. The molecular formula is C15H24N4O. The van der Waals surface area contributed by atoms with Crippen LogP contribution in [-0.4, -0.2) is 36.5 Å². The molecule has 2 rings (SSSR count). The van der Waals surface area contributed by atoms with Crippen LogP contribution in [0.1, 0.15) is 35.7 Å². The van der Waals surface area contributed by atoms with E-state index in [4.69, 9.17) is 5.84 Å². The van der Waals surface area contributed by atoms with Gasteiger partial charge in [0.1, 0.15) is 0 Å². The fraction of sp³-hybridized carbons (Fsp3) is 0.533. The van der Waals surface area contributed by atoms with Crippen molar-refractivity contribution in [1.82, 2.24) is 15.6 Å². The summed E-state index contributed by atoms with van der Waals surface area (Å²) in [4.78, 5) is 14.3. The van der Waals surface area contributed by atoms with Gasteiger partial charge in [-0.05, 0) is 44.1 Å². The average Bonchev–Trinajstić information content (AvgIpc) is 2.53. The summed E-state index contributed by atoms with van der Waals surface area (Å²) in [6.07, 6.45) is 2.33. The normalized spacial score (nSPS) is 16.4. The first-order chi connectivity index (χ1) is 9.76. The van der Waals surface area contributed by atoms with Gasteiger partial charge in [0.05, 0.1) is 0 Å². The van der Waals surface area contributed by atoms with E-state index in [2.05, 4.69) is 22.6 Å². The molecule has 5 heteroatoms. The average molecular weight is 276 g/mol. The summed E-state index contributed by atoms with van der Waals surface area (Å²) in [5.41, 5.74) is 3.93. The second-order valence-electron chi connectivity index (χ2n) is 5.17. The summed E-state index contributed by atoms with van der Waals surface area (Å²) in [6.45, 7) is 6.11. The van der Waals surface area contributed by atoms with E-state index in [0.717, 1.165) is 31.7 Å². The van der Waals surface area contributed by atoms with Crippen LogP contribution in [0.2, 0.25) is 0 Å². The van der Waals surface area contributed by atoms with Crippen LogP contribution in [0.3, 0.4) is 0 Å². The standard InChI is InChI=1S/C15H24N4O/c1-2-19(13-7-9-17-10-8-13)11-12-5-3-4-6-14(12)15(20)18-16/h3-6,13,17H,2,7-11,16H2,1H3,(H,18,20). The minimum Gasteiger partial charge on any atom is -0.317 e. The van der Waals surface area contributed by atoms with Crippen LogP contribution in [0.25, 0.3) is 0 Å². The Balaban J connectivity index is 2.12. The summed E-state index contributed by atoms with van der Waals surface area (Å²) >= 11 is 0. The number of carbonyl (C=O) groups excluding carboxylic acids is 1. The summed E-state index contributed by atoms with van der Waals surface area (Å²) in [7, 11) is 0. The molecule has 0 unspecified atom stereocenters. The zero-order chi connectivity index (χ0) is 14.4. The number of hydrogen-bond acceptors (Lipinski definition) is 4. The third-order valence-corrected chi connectivity index (χ3v) is 4.00. The topological polar surface area (TPSA) is 70.4 Å². The molecule has 0 saturated carbocycles. The van der Waals surface area contributed by atoms with Crippen molar-refractivity contribution in [2.24, 2.45) is 5.84 Å². The fourth-order valence-electron chi connectivity index (χ4n) is 2.85. The molecule has 1 heterocycles. The Morgan fingerprint density at radius 3 is 2.75 bits per heavy atom. The maximum atomic E-state index is 11.8. The quantitative estimate of drug-likeness (QED) is 0.424. The number of amides is 1. The number of nitrogens with one attached hydrogen (secondary N) is 2. The Hall–Kier alpha value is -1.43. The molecule has 0 atom stereocenters. The number of carbonyl (C=O) groups is 1. The summed E-state index contributed by atoms with van der Waals surface area (Å²) in [5, 5.41) is 3.39. The maximum absolute atomic E-state index is 11.8. The van der Waals surface area contributed by atoms with E-state index in [1.807, 2.05) is 24.3 Å². The van der Waals surface area contributed by atoms with Gasteiger partial charge in [-0.15, -0.1) is 0 Å². The van der Waals surface area contributed by atoms with Crippen LogP contribution < -0.4 is 16.6 Å².